The highest BCUT2D eigenvalue weighted by molar-refractivity contribution is 7.89. The Morgan fingerprint density at radius 1 is 1.15 bits per heavy atom. The molecular formula is C23H24F3NO6S. The molecule has 1 aliphatic carbocycles. The number of methoxy groups -OCH3 is 1. The number of nitrogens with one attached hydrogen (secondary N) is 1. The number of hydrogen-bond acceptors (Lipinski definition) is 6. The summed E-state index contributed by atoms with van der Waals surface area (Å²) >= 11 is 0. The molecule has 0 saturated heterocycles. The molecule has 0 radical (unpaired) electrons. The second-order valence-corrected chi connectivity index (χ2v) is 9.20. The summed E-state index contributed by atoms with van der Waals surface area (Å²) in [4.78, 5) is 12.1. The van der Waals surface area contributed by atoms with Crippen molar-refractivity contribution in [2.45, 2.75) is 36.6 Å². The highest BCUT2D eigenvalue weighted by atomic mass is 32.2. The predicted octanol–water partition coefficient (Wildman–Crippen LogP) is 4.16. The van der Waals surface area contributed by atoms with Gasteiger partial charge in [0.05, 0.1) is 19.6 Å². The molecule has 2 aromatic rings. The molecule has 3 atom stereocenters. The van der Waals surface area contributed by atoms with Gasteiger partial charge >= 0.3 is 12.3 Å². The van der Waals surface area contributed by atoms with Crippen LogP contribution < -0.4 is 14.2 Å². The zero-order valence-electron chi connectivity index (χ0n) is 18.4. The van der Waals surface area contributed by atoms with Crippen molar-refractivity contribution >= 4 is 16.0 Å². The fourth-order valence-corrected chi connectivity index (χ4v) is 5.16. The normalized spacial score (nSPS) is 19.0. The third kappa shape index (κ3) is 6.29. The van der Waals surface area contributed by atoms with Gasteiger partial charge in [-0.2, -0.15) is 0 Å². The summed E-state index contributed by atoms with van der Waals surface area (Å²) in [6.45, 7) is 1.85. The quantitative estimate of drug-likeness (QED) is 0.412. The topological polar surface area (TPSA) is 90.9 Å². The van der Waals surface area contributed by atoms with Crippen LogP contribution in [0.25, 0.3) is 0 Å². The summed E-state index contributed by atoms with van der Waals surface area (Å²) < 4.78 is 80.6. The van der Waals surface area contributed by atoms with E-state index in [9.17, 15) is 26.4 Å². The van der Waals surface area contributed by atoms with E-state index in [0.717, 1.165) is 12.1 Å². The Bertz CT molecular complexity index is 1150. The molecule has 0 bridgehead atoms. The minimum Gasteiger partial charge on any atom is -0.497 e. The first-order valence-corrected chi connectivity index (χ1v) is 11.9. The molecule has 0 fully saturated rings. The minimum atomic E-state index is -5.05. The van der Waals surface area contributed by atoms with E-state index in [1.807, 2.05) is 0 Å². The Morgan fingerprint density at radius 2 is 1.88 bits per heavy atom. The number of alkyl halides is 3. The van der Waals surface area contributed by atoms with Gasteiger partial charge < -0.3 is 14.2 Å². The van der Waals surface area contributed by atoms with Gasteiger partial charge in [0.25, 0.3) is 0 Å². The first-order chi connectivity index (χ1) is 16.0. The number of para-hydroxylation sites is 1. The van der Waals surface area contributed by atoms with Gasteiger partial charge in [0.15, 0.2) is 0 Å². The smallest absolute Gasteiger partial charge is 0.497 e. The van der Waals surface area contributed by atoms with Crippen LogP contribution in [0.2, 0.25) is 0 Å². The fraction of sp³-hybridized carbons (Fsp3) is 0.348. The number of allylic oxidation sites excluding steroid dienone is 1. The molecule has 0 saturated carbocycles. The van der Waals surface area contributed by atoms with Gasteiger partial charge in [0, 0.05) is 6.04 Å². The number of esters is 1. The lowest BCUT2D eigenvalue weighted by Gasteiger charge is -2.23. The van der Waals surface area contributed by atoms with Crippen LogP contribution in [-0.4, -0.2) is 40.5 Å². The summed E-state index contributed by atoms with van der Waals surface area (Å²) in [5.74, 6) is -1.89. The largest absolute Gasteiger partial charge is 0.573 e. The number of benzene rings is 2. The Balaban J connectivity index is 1.81. The molecular weight excluding hydrogens is 475 g/mol. The molecule has 11 heteroatoms. The van der Waals surface area contributed by atoms with Crippen LogP contribution in [0.3, 0.4) is 0 Å². The second kappa shape index (κ2) is 10.5. The van der Waals surface area contributed by atoms with Crippen molar-refractivity contribution in [1.82, 2.24) is 4.72 Å². The maximum Gasteiger partial charge on any atom is 0.573 e. The molecule has 0 aliphatic heterocycles. The summed E-state index contributed by atoms with van der Waals surface area (Å²) in [6, 6.07) is 10.7. The second-order valence-electron chi connectivity index (χ2n) is 7.51. The lowest BCUT2D eigenvalue weighted by atomic mass is 9.85. The van der Waals surface area contributed by atoms with E-state index in [-0.39, 0.29) is 13.0 Å². The number of sulfonamides is 1. The van der Waals surface area contributed by atoms with Crippen LogP contribution in [0.15, 0.2) is 65.6 Å². The number of rotatable bonds is 9. The first kappa shape index (κ1) is 25.6. The highest BCUT2D eigenvalue weighted by Crippen LogP contribution is 2.36. The first-order valence-electron chi connectivity index (χ1n) is 10.4. The maximum absolute atomic E-state index is 12.9. The van der Waals surface area contributed by atoms with Crippen molar-refractivity contribution in [2.75, 3.05) is 13.7 Å². The minimum absolute atomic E-state index is 0.168. The van der Waals surface area contributed by atoms with Crippen LogP contribution in [0, 0.1) is 5.92 Å². The molecule has 1 N–H and O–H groups in total. The van der Waals surface area contributed by atoms with E-state index in [2.05, 4.69) is 9.46 Å². The van der Waals surface area contributed by atoms with Gasteiger partial charge in [-0.15, -0.1) is 13.2 Å². The van der Waals surface area contributed by atoms with E-state index in [1.54, 1.807) is 43.3 Å². The van der Waals surface area contributed by atoms with E-state index in [1.165, 1.54) is 19.2 Å². The molecule has 0 amide bonds. The average molecular weight is 500 g/mol. The van der Waals surface area contributed by atoms with Gasteiger partial charge in [0.2, 0.25) is 10.0 Å². The Labute approximate surface area is 195 Å². The Hall–Kier alpha value is -3.05. The molecule has 7 nitrogen and oxygen atoms in total. The van der Waals surface area contributed by atoms with E-state index in [0.29, 0.717) is 11.3 Å². The number of halogens is 3. The Morgan fingerprint density at radius 3 is 2.56 bits per heavy atom. The van der Waals surface area contributed by atoms with Crippen molar-refractivity contribution < 1.29 is 40.6 Å². The number of ether oxygens (including phenoxy) is 3. The van der Waals surface area contributed by atoms with Crippen LogP contribution in [-0.2, 0) is 19.6 Å². The number of carbonyl (C=O) groups excluding carboxylic acids is 1. The third-order valence-corrected chi connectivity index (χ3v) is 6.74. The third-order valence-electron chi connectivity index (χ3n) is 5.21. The molecule has 0 spiro atoms. The molecule has 0 heterocycles. The van der Waals surface area contributed by atoms with E-state index >= 15 is 0 Å². The van der Waals surface area contributed by atoms with Crippen LogP contribution in [0.4, 0.5) is 13.2 Å². The monoisotopic (exact) mass is 499 g/mol. The summed E-state index contributed by atoms with van der Waals surface area (Å²) in [5.41, 5.74) is 0.639. The SMILES string of the molecule is CCOC(=O)[C@H](c1cccc(OC)c1)[C@@H]1C=C[C@H](NS(=O)(=O)c2ccccc2OC(F)(F)F)C1. The van der Waals surface area contributed by atoms with E-state index in [4.69, 9.17) is 9.47 Å². The van der Waals surface area contributed by atoms with Crippen molar-refractivity contribution in [1.29, 1.82) is 0 Å². The lowest BCUT2D eigenvalue weighted by Crippen LogP contribution is -2.34. The molecule has 0 unspecified atom stereocenters. The van der Waals surface area contributed by atoms with E-state index < -0.39 is 50.9 Å². The van der Waals surface area contributed by atoms with Gasteiger partial charge in [0.1, 0.15) is 16.4 Å². The van der Waals surface area contributed by atoms with Crippen LogP contribution in [0.1, 0.15) is 24.8 Å². The zero-order valence-corrected chi connectivity index (χ0v) is 19.2. The molecule has 0 aromatic heterocycles. The summed E-state index contributed by atoms with van der Waals surface area (Å²) in [5, 5.41) is 0. The predicted molar refractivity (Wildman–Crippen MR) is 117 cm³/mol. The maximum atomic E-state index is 12.9. The zero-order chi connectivity index (χ0) is 24.9. The van der Waals surface area contributed by atoms with Gasteiger partial charge in [-0.05, 0) is 49.1 Å². The lowest BCUT2D eigenvalue weighted by molar-refractivity contribution is -0.275. The average Bonchev–Trinajstić information content (AvgIpc) is 3.20. The van der Waals surface area contributed by atoms with Crippen LogP contribution in [0.5, 0.6) is 11.5 Å². The van der Waals surface area contributed by atoms with Crippen molar-refractivity contribution in [3.05, 3.63) is 66.2 Å². The molecule has 3 rings (SSSR count). The van der Waals surface area contributed by atoms with Gasteiger partial charge in [-0.1, -0.05) is 36.4 Å². The highest BCUT2D eigenvalue weighted by Gasteiger charge is 2.37. The molecule has 1 aliphatic rings. The summed E-state index contributed by atoms with van der Waals surface area (Å²) in [7, 11) is -2.86. The molecule has 2 aromatic carbocycles. The number of hydrogen-bond donors (Lipinski definition) is 1. The molecule has 184 valence electrons. The molecule has 34 heavy (non-hydrogen) atoms. The number of carbonyl (C=O) groups is 1. The summed E-state index contributed by atoms with van der Waals surface area (Å²) in [6.07, 6.45) is -1.58. The standard InChI is InChI=1S/C23H24F3NO6S/c1-3-32-22(28)21(15-7-6-8-18(14-15)31-2)16-11-12-17(13-16)27-34(29,30)20-10-5-4-9-19(20)33-23(24,25)26/h4-12,14,16-17,21,27H,3,13H2,1-2H3/t16-,17+,21-/m1/s1. The fourth-order valence-electron chi connectivity index (χ4n) is 3.83. The van der Waals surface area contributed by atoms with Crippen molar-refractivity contribution in [2.24, 2.45) is 5.92 Å². The van der Waals surface area contributed by atoms with Gasteiger partial charge in [-0.25, -0.2) is 13.1 Å². The van der Waals surface area contributed by atoms with Crippen LogP contribution >= 0.6 is 0 Å². The van der Waals surface area contributed by atoms with Crippen molar-refractivity contribution in [3.63, 3.8) is 0 Å². The van der Waals surface area contributed by atoms with Gasteiger partial charge in [-0.3, -0.25) is 4.79 Å². The Kier molecular flexibility index (Phi) is 7.88. The van der Waals surface area contributed by atoms with Crippen molar-refractivity contribution in [3.8, 4) is 11.5 Å².